The third-order valence-electron chi connectivity index (χ3n) is 3.41. The normalized spacial score (nSPS) is 19.1. The molecule has 0 saturated carbocycles. The number of aromatic nitrogens is 2. The average molecular weight is 282 g/mol. The molecule has 0 bridgehead atoms. The number of fused-ring (bicyclic) bond motifs is 1. The molecule has 0 aliphatic carbocycles. The quantitative estimate of drug-likeness (QED) is 0.794. The third-order valence-corrected chi connectivity index (χ3v) is 3.41. The van der Waals surface area contributed by atoms with Gasteiger partial charge >= 0.3 is 12.1 Å². The molecule has 20 heavy (non-hydrogen) atoms. The first kappa shape index (κ1) is 14.2. The number of esters is 1. The summed E-state index contributed by atoms with van der Waals surface area (Å²) in [4.78, 5) is 24.0. The molecule has 2 rings (SSSR count). The van der Waals surface area contributed by atoms with E-state index in [9.17, 15) is 14.7 Å². The van der Waals surface area contributed by atoms with E-state index in [1.807, 2.05) is 6.92 Å². The van der Waals surface area contributed by atoms with Crippen molar-refractivity contribution in [2.45, 2.75) is 39.0 Å². The molecule has 1 aliphatic rings. The van der Waals surface area contributed by atoms with Crippen LogP contribution in [0.5, 0.6) is 0 Å². The van der Waals surface area contributed by atoms with Gasteiger partial charge in [0.25, 0.3) is 0 Å². The van der Waals surface area contributed by atoms with Gasteiger partial charge in [-0.15, -0.1) is 0 Å². The number of carbonyl (C=O) groups excluding carboxylic acids is 1. The molecular formula is C12H18N4O4. The van der Waals surface area contributed by atoms with E-state index in [1.54, 1.807) is 17.8 Å². The molecule has 0 unspecified atom stereocenters. The highest BCUT2D eigenvalue weighted by molar-refractivity contribution is 5.79. The van der Waals surface area contributed by atoms with Crippen molar-refractivity contribution in [2.24, 2.45) is 0 Å². The maximum absolute atomic E-state index is 11.4. The van der Waals surface area contributed by atoms with Crippen LogP contribution < -0.4 is 5.32 Å². The first-order chi connectivity index (χ1) is 9.43. The van der Waals surface area contributed by atoms with E-state index in [0.29, 0.717) is 12.2 Å². The molecule has 2 N–H and O–H groups in total. The fraction of sp³-hybridized carbons (Fsp3) is 0.583. The first-order valence-corrected chi connectivity index (χ1v) is 6.32. The number of carbonyl (C=O) groups is 2. The number of methoxy groups -OCH3 is 1. The number of carboxylic acid groups (broad SMARTS) is 1. The molecule has 110 valence electrons. The van der Waals surface area contributed by atoms with Crippen molar-refractivity contribution in [1.82, 2.24) is 14.7 Å². The minimum Gasteiger partial charge on any atom is -0.467 e. The Morgan fingerprint density at radius 3 is 2.90 bits per heavy atom. The van der Waals surface area contributed by atoms with Gasteiger partial charge in [0.05, 0.1) is 43.8 Å². The summed E-state index contributed by atoms with van der Waals surface area (Å²) in [7, 11) is 1.32. The molecule has 1 amide bonds. The van der Waals surface area contributed by atoms with E-state index >= 15 is 0 Å². The number of nitrogens with zero attached hydrogens (tertiary/aromatic N) is 3. The van der Waals surface area contributed by atoms with Crippen molar-refractivity contribution in [1.29, 1.82) is 0 Å². The molecule has 0 radical (unpaired) electrons. The number of hydrogen-bond donors (Lipinski definition) is 2. The van der Waals surface area contributed by atoms with Crippen molar-refractivity contribution in [2.75, 3.05) is 12.4 Å². The van der Waals surface area contributed by atoms with Gasteiger partial charge in [-0.2, -0.15) is 5.10 Å². The minimum absolute atomic E-state index is 0.134. The second kappa shape index (κ2) is 5.40. The van der Waals surface area contributed by atoms with Crippen molar-refractivity contribution in [3.63, 3.8) is 0 Å². The molecule has 0 aromatic carbocycles. The van der Waals surface area contributed by atoms with Crippen molar-refractivity contribution >= 4 is 17.7 Å². The molecule has 8 heteroatoms. The highest BCUT2D eigenvalue weighted by atomic mass is 16.5. The van der Waals surface area contributed by atoms with Crippen molar-refractivity contribution < 1.29 is 19.4 Å². The lowest BCUT2D eigenvalue weighted by molar-refractivity contribution is -0.141. The van der Waals surface area contributed by atoms with E-state index < -0.39 is 12.1 Å². The van der Waals surface area contributed by atoms with E-state index in [4.69, 9.17) is 0 Å². The molecule has 1 aliphatic heterocycles. The number of rotatable bonds is 3. The van der Waals surface area contributed by atoms with Gasteiger partial charge in [-0.1, -0.05) is 0 Å². The summed E-state index contributed by atoms with van der Waals surface area (Å²) < 4.78 is 6.41. The van der Waals surface area contributed by atoms with Crippen molar-refractivity contribution in [3.05, 3.63) is 11.9 Å². The van der Waals surface area contributed by atoms with Gasteiger partial charge < -0.3 is 15.2 Å². The lowest BCUT2D eigenvalue weighted by atomic mass is 10.2. The summed E-state index contributed by atoms with van der Waals surface area (Å²) in [6.07, 6.45) is 0.643. The van der Waals surface area contributed by atoms with Crippen LogP contribution in [0.1, 0.15) is 19.5 Å². The topological polar surface area (TPSA) is 96.7 Å². The van der Waals surface area contributed by atoms with Crippen LogP contribution >= 0.6 is 0 Å². The maximum atomic E-state index is 11.4. The van der Waals surface area contributed by atoms with E-state index in [2.05, 4.69) is 15.2 Å². The molecule has 0 saturated heterocycles. The first-order valence-electron chi connectivity index (χ1n) is 6.32. The summed E-state index contributed by atoms with van der Waals surface area (Å²) in [5, 5.41) is 16.4. The SMILES string of the molecule is COC(=O)[C@H](C)Nc1cnn2c1CN(C(=O)O)[C@@H](C)C2. The molecular weight excluding hydrogens is 264 g/mol. The highest BCUT2D eigenvalue weighted by Crippen LogP contribution is 2.24. The van der Waals surface area contributed by atoms with Crippen LogP contribution in [0.3, 0.4) is 0 Å². The van der Waals surface area contributed by atoms with Gasteiger partial charge in [-0.25, -0.2) is 9.59 Å². The molecule has 2 heterocycles. The van der Waals surface area contributed by atoms with Crippen LogP contribution in [0.15, 0.2) is 6.20 Å². The monoisotopic (exact) mass is 282 g/mol. The summed E-state index contributed by atoms with van der Waals surface area (Å²) in [5.74, 6) is -0.385. The number of amides is 1. The smallest absolute Gasteiger partial charge is 0.407 e. The maximum Gasteiger partial charge on any atom is 0.407 e. The zero-order chi connectivity index (χ0) is 14.9. The summed E-state index contributed by atoms with van der Waals surface area (Å²) in [6.45, 7) is 4.25. The average Bonchev–Trinajstić information content (AvgIpc) is 2.78. The van der Waals surface area contributed by atoms with Gasteiger partial charge in [0, 0.05) is 0 Å². The Hall–Kier alpha value is -2.25. The Balaban J connectivity index is 2.19. The zero-order valence-corrected chi connectivity index (χ0v) is 11.7. The highest BCUT2D eigenvalue weighted by Gasteiger charge is 2.29. The van der Waals surface area contributed by atoms with Crippen LogP contribution in [0.2, 0.25) is 0 Å². The lowest BCUT2D eigenvalue weighted by Gasteiger charge is -2.32. The van der Waals surface area contributed by atoms with Gasteiger partial charge in [-0.05, 0) is 13.8 Å². The Morgan fingerprint density at radius 1 is 1.60 bits per heavy atom. The van der Waals surface area contributed by atoms with E-state index in [1.165, 1.54) is 12.0 Å². The number of ether oxygens (including phenoxy) is 1. The standard InChI is InChI=1S/C12H18N4O4/c1-7-5-16-10(6-15(7)12(18)19)9(4-13-16)14-8(2)11(17)20-3/h4,7-8,14H,5-6H2,1-3H3,(H,18,19)/t7-,8-/m0/s1. The zero-order valence-electron chi connectivity index (χ0n) is 11.7. The lowest BCUT2D eigenvalue weighted by Crippen LogP contribution is -2.44. The Labute approximate surface area is 116 Å². The van der Waals surface area contributed by atoms with Crippen LogP contribution in [0, 0.1) is 0 Å². The largest absolute Gasteiger partial charge is 0.467 e. The second-order valence-corrected chi connectivity index (χ2v) is 4.84. The van der Waals surface area contributed by atoms with E-state index in [-0.39, 0.29) is 18.6 Å². The predicted molar refractivity (Wildman–Crippen MR) is 70.4 cm³/mol. The Kier molecular flexibility index (Phi) is 3.82. The molecule has 1 aromatic heterocycles. The predicted octanol–water partition coefficient (Wildman–Crippen LogP) is 0.739. The van der Waals surface area contributed by atoms with Gasteiger partial charge in [0.15, 0.2) is 0 Å². The third kappa shape index (κ3) is 2.54. The summed E-state index contributed by atoms with van der Waals surface area (Å²) in [6, 6.07) is -0.655. The van der Waals surface area contributed by atoms with Crippen molar-refractivity contribution in [3.8, 4) is 0 Å². The molecule has 0 fully saturated rings. The summed E-state index contributed by atoms with van der Waals surface area (Å²) >= 11 is 0. The number of anilines is 1. The summed E-state index contributed by atoms with van der Waals surface area (Å²) in [5.41, 5.74) is 1.40. The van der Waals surface area contributed by atoms with Gasteiger partial charge in [-0.3, -0.25) is 9.58 Å². The Morgan fingerprint density at radius 2 is 2.30 bits per heavy atom. The molecule has 2 atom stereocenters. The number of nitrogens with one attached hydrogen (secondary N) is 1. The fourth-order valence-corrected chi connectivity index (χ4v) is 2.25. The molecule has 1 aromatic rings. The second-order valence-electron chi connectivity index (χ2n) is 4.84. The fourth-order valence-electron chi connectivity index (χ4n) is 2.25. The van der Waals surface area contributed by atoms with Crippen LogP contribution in [0.4, 0.5) is 10.5 Å². The van der Waals surface area contributed by atoms with Crippen LogP contribution in [-0.2, 0) is 22.6 Å². The van der Waals surface area contributed by atoms with E-state index in [0.717, 1.165) is 5.69 Å². The minimum atomic E-state index is -0.961. The van der Waals surface area contributed by atoms with Crippen LogP contribution in [0.25, 0.3) is 0 Å². The molecule has 0 spiro atoms. The molecule has 8 nitrogen and oxygen atoms in total. The number of hydrogen-bond acceptors (Lipinski definition) is 5. The van der Waals surface area contributed by atoms with Gasteiger partial charge in [0.2, 0.25) is 0 Å². The van der Waals surface area contributed by atoms with Crippen LogP contribution in [-0.4, -0.2) is 51.0 Å². The Bertz CT molecular complexity index is 528. The van der Waals surface area contributed by atoms with Gasteiger partial charge in [0.1, 0.15) is 6.04 Å².